The molecule has 0 bridgehead atoms. The number of hydrogen-bond acceptors (Lipinski definition) is 5. The predicted octanol–water partition coefficient (Wildman–Crippen LogP) is 4.86. The molecule has 1 unspecified atom stereocenters. The van der Waals surface area contributed by atoms with Crippen LogP contribution >= 0.6 is 0 Å². The van der Waals surface area contributed by atoms with Gasteiger partial charge in [-0.25, -0.2) is 9.37 Å². The summed E-state index contributed by atoms with van der Waals surface area (Å²) in [5.74, 6) is 0.547. The van der Waals surface area contributed by atoms with E-state index in [1.807, 2.05) is 52.9 Å². The monoisotopic (exact) mass is 516 g/mol. The summed E-state index contributed by atoms with van der Waals surface area (Å²) < 4.78 is 28.3. The molecule has 2 aromatic carbocycles. The fourth-order valence-corrected chi connectivity index (χ4v) is 5.98. The number of carbonyl (C=O) groups is 1. The quantitative estimate of drug-likeness (QED) is 0.454. The molecule has 0 radical (unpaired) electrons. The molecule has 8 heteroatoms. The largest absolute Gasteiger partial charge is 0.495 e. The van der Waals surface area contributed by atoms with Crippen LogP contribution in [0.25, 0.3) is 11.8 Å². The first-order valence-electron chi connectivity index (χ1n) is 13.4. The minimum atomic E-state index is -0.210. The third-order valence-corrected chi connectivity index (χ3v) is 7.90. The number of amides is 1. The van der Waals surface area contributed by atoms with Crippen LogP contribution in [-0.4, -0.2) is 60.3 Å². The van der Waals surface area contributed by atoms with Crippen LogP contribution in [0.1, 0.15) is 47.7 Å². The summed E-state index contributed by atoms with van der Waals surface area (Å²) in [4.78, 5) is 22.0. The van der Waals surface area contributed by atoms with Crippen molar-refractivity contribution in [3.63, 3.8) is 0 Å². The summed E-state index contributed by atoms with van der Waals surface area (Å²) in [6.07, 6.45) is 8.98. The number of aromatic nitrogens is 2. The van der Waals surface area contributed by atoms with E-state index >= 15 is 4.39 Å². The lowest BCUT2D eigenvalue weighted by Crippen LogP contribution is -2.39. The zero-order chi connectivity index (χ0) is 26.2. The van der Waals surface area contributed by atoms with Gasteiger partial charge in [0.25, 0.3) is 0 Å². The lowest BCUT2D eigenvalue weighted by Gasteiger charge is -2.34. The molecule has 2 saturated heterocycles. The Morgan fingerprint density at radius 1 is 1.11 bits per heavy atom. The lowest BCUT2D eigenvalue weighted by molar-refractivity contribution is -0.131. The molecule has 0 N–H and O–H groups in total. The number of imidazole rings is 1. The van der Waals surface area contributed by atoms with E-state index in [0.717, 1.165) is 59.3 Å². The van der Waals surface area contributed by atoms with Gasteiger partial charge in [0.2, 0.25) is 5.91 Å². The summed E-state index contributed by atoms with van der Waals surface area (Å²) in [5.41, 5.74) is 6.28. The third-order valence-electron chi connectivity index (χ3n) is 7.90. The van der Waals surface area contributed by atoms with Gasteiger partial charge < -0.3 is 23.8 Å². The molecule has 3 aromatic rings. The van der Waals surface area contributed by atoms with E-state index in [2.05, 4.69) is 9.88 Å². The lowest BCUT2D eigenvalue weighted by atomic mass is 9.97. The van der Waals surface area contributed by atoms with E-state index < -0.39 is 0 Å². The highest BCUT2D eigenvalue weighted by atomic mass is 19.1. The van der Waals surface area contributed by atoms with Gasteiger partial charge in [-0.15, -0.1) is 0 Å². The molecule has 198 valence electrons. The number of ether oxygens (including phenoxy) is 2. The van der Waals surface area contributed by atoms with Gasteiger partial charge in [-0.1, -0.05) is 6.07 Å². The number of benzene rings is 2. The summed E-state index contributed by atoms with van der Waals surface area (Å²) in [6.45, 7) is 5.28. The molecule has 3 aliphatic rings. The Morgan fingerprint density at radius 2 is 1.95 bits per heavy atom. The summed E-state index contributed by atoms with van der Waals surface area (Å²) >= 11 is 0. The number of carbonyl (C=O) groups excluding carboxylic acids is 1. The number of fused-ring (bicyclic) bond motifs is 1. The average molecular weight is 517 g/mol. The van der Waals surface area contributed by atoms with E-state index in [1.165, 1.54) is 0 Å². The van der Waals surface area contributed by atoms with Crippen molar-refractivity contribution < 1.29 is 18.7 Å². The normalized spacial score (nSPS) is 20.8. The number of nitrogens with zero attached hydrogens (tertiary/aromatic N) is 4. The minimum Gasteiger partial charge on any atom is -0.495 e. The van der Waals surface area contributed by atoms with Crippen molar-refractivity contribution in [2.24, 2.45) is 0 Å². The second-order valence-corrected chi connectivity index (χ2v) is 10.3. The third kappa shape index (κ3) is 4.58. The Hall–Kier alpha value is -3.65. The first kappa shape index (κ1) is 24.7. The van der Waals surface area contributed by atoms with Crippen molar-refractivity contribution in [3.05, 3.63) is 76.6 Å². The first-order chi connectivity index (χ1) is 18.5. The molecular weight excluding hydrogens is 483 g/mol. The van der Waals surface area contributed by atoms with Crippen LogP contribution in [0.4, 0.5) is 10.1 Å². The van der Waals surface area contributed by atoms with E-state index in [9.17, 15) is 4.79 Å². The molecule has 7 nitrogen and oxygen atoms in total. The van der Waals surface area contributed by atoms with Crippen LogP contribution in [0.15, 0.2) is 48.4 Å². The Balaban J connectivity index is 1.24. The molecule has 0 saturated carbocycles. The van der Waals surface area contributed by atoms with Gasteiger partial charge in [-0.05, 0) is 79.6 Å². The van der Waals surface area contributed by atoms with Gasteiger partial charge in [0, 0.05) is 31.4 Å². The van der Waals surface area contributed by atoms with Crippen molar-refractivity contribution in [2.75, 3.05) is 44.9 Å². The number of piperidine rings is 1. The van der Waals surface area contributed by atoms with Gasteiger partial charge in [-0.2, -0.15) is 0 Å². The topological polar surface area (TPSA) is 59.8 Å². The summed E-state index contributed by atoms with van der Waals surface area (Å²) in [6, 6.07) is 9.52. The Labute approximate surface area is 222 Å². The van der Waals surface area contributed by atoms with Gasteiger partial charge in [0.05, 0.1) is 49.8 Å². The van der Waals surface area contributed by atoms with Crippen molar-refractivity contribution in [1.29, 1.82) is 0 Å². The highest BCUT2D eigenvalue weighted by Crippen LogP contribution is 2.41. The van der Waals surface area contributed by atoms with Crippen LogP contribution in [0.2, 0.25) is 0 Å². The van der Waals surface area contributed by atoms with Gasteiger partial charge in [0.1, 0.15) is 11.6 Å². The van der Waals surface area contributed by atoms with E-state index in [0.29, 0.717) is 44.3 Å². The number of morpholine rings is 1. The second kappa shape index (κ2) is 10.3. The van der Waals surface area contributed by atoms with Crippen LogP contribution in [0.3, 0.4) is 0 Å². The maximum absolute atomic E-state index is 15.2. The maximum Gasteiger partial charge on any atom is 0.250 e. The molecule has 1 amide bonds. The minimum absolute atomic E-state index is 0.0417. The fourth-order valence-electron chi connectivity index (χ4n) is 5.98. The molecule has 0 spiro atoms. The zero-order valence-corrected chi connectivity index (χ0v) is 22.0. The highest BCUT2D eigenvalue weighted by molar-refractivity contribution is 5.99. The Bertz CT molecular complexity index is 1390. The number of aryl methyl sites for hydroxylation is 2. The number of anilines is 1. The van der Waals surface area contributed by atoms with Crippen LogP contribution in [-0.2, 0) is 16.0 Å². The maximum atomic E-state index is 15.2. The van der Waals surface area contributed by atoms with Crippen LogP contribution in [0, 0.1) is 12.7 Å². The molecule has 1 atom stereocenters. The number of likely N-dealkylation sites (tertiary alicyclic amines) is 1. The predicted molar refractivity (Wildman–Crippen MR) is 144 cm³/mol. The van der Waals surface area contributed by atoms with E-state index in [1.54, 1.807) is 19.5 Å². The molecule has 6 rings (SSSR count). The molecule has 1 aliphatic carbocycles. The second-order valence-electron chi connectivity index (χ2n) is 10.3. The SMILES string of the molecule is COc1cc(/C=C2\CCCN(C3CCc4cc(N5CCOCC5)c(F)cc43)C2=O)ccc1-n1cnc(C)c1. The number of hydrogen-bond donors (Lipinski definition) is 0. The standard InChI is InChI=1S/C30H33FN4O3/c1-20-18-34(19-32-20)27-7-5-21(15-29(27)37-2)14-23-4-3-9-35(30(23)36)26-8-6-22-16-28(25(31)17-24(22)26)33-10-12-38-13-11-33/h5,7,14-19,26H,3-4,6,8-13H2,1-2H3/b23-14+. The Morgan fingerprint density at radius 3 is 2.71 bits per heavy atom. The van der Waals surface area contributed by atoms with Gasteiger partial charge in [-0.3, -0.25) is 4.79 Å². The number of rotatable bonds is 5. The molecular formula is C30H33FN4O3. The molecule has 38 heavy (non-hydrogen) atoms. The van der Waals surface area contributed by atoms with Gasteiger partial charge >= 0.3 is 0 Å². The number of methoxy groups -OCH3 is 1. The average Bonchev–Trinajstić information content (AvgIpc) is 3.55. The van der Waals surface area contributed by atoms with Crippen molar-refractivity contribution in [2.45, 2.75) is 38.6 Å². The van der Waals surface area contributed by atoms with Crippen LogP contribution in [0.5, 0.6) is 5.75 Å². The van der Waals surface area contributed by atoms with Crippen LogP contribution < -0.4 is 9.64 Å². The highest BCUT2D eigenvalue weighted by Gasteiger charge is 2.35. The molecule has 3 heterocycles. The zero-order valence-electron chi connectivity index (χ0n) is 22.0. The number of halogens is 1. The van der Waals surface area contributed by atoms with E-state index in [4.69, 9.17) is 9.47 Å². The van der Waals surface area contributed by atoms with Gasteiger partial charge in [0.15, 0.2) is 0 Å². The summed E-state index contributed by atoms with van der Waals surface area (Å²) in [7, 11) is 1.65. The smallest absolute Gasteiger partial charge is 0.250 e. The summed E-state index contributed by atoms with van der Waals surface area (Å²) in [5, 5.41) is 0. The fraction of sp³-hybridized carbons (Fsp3) is 0.400. The van der Waals surface area contributed by atoms with Crippen molar-refractivity contribution in [1.82, 2.24) is 14.5 Å². The Kier molecular flexibility index (Phi) is 6.66. The van der Waals surface area contributed by atoms with Crippen molar-refractivity contribution in [3.8, 4) is 11.4 Å². The molecule has 2 fully saturated rings. The molecule has 2 aliphatic heterocycles. The van der Waals surface area contributed by atoms with Crippen molar-refractivity contribution >= 4 is 17.7 Å². The molecule has 1 aromatic heterocycles. The first-order valence-corrected chi connectivity index (χ1v) is 13.4. The van der Waals surface area contributed by atoms with E-state index in [-0.39, 0.29) is 17.8 Å².